The standard InChI is InChI=1S/C16H27NO2/c1-11(2)19-16-9-7-8-15(10-16)13(4)17-12(3)14(5)18-6/h7-14,17H,1-6H3. The molecule has 19 heavy (non-hydrogen) atoms. The van der Waals surface area contributed by atoms with E-state index in [0.29, 0.717) is 6.04 Å². The van der Waals surface area contributed by atoms with Crippen molar-refractivity contribution in [2.24, 2.45) is 0 Å². The van der Waals surface area contributed by atoms with Gasteiger partial charge in [-0.25, -0.2) is 0 Å². The molecule has 0 heterocycles. The van der Waals surface area contributed by atoms with E-state index >= 15 is 0 Å². The van der Waals surface area contributed by atoms with Crippen LogP contribution in [0.25, 0.3) is 0 Å². The number of nitrogens with one attached hydrogen (secondary N) is 1. The van der Waals surface area contributed by atoms with Gasteiger partial charge in [0.05, 0.1) is 12.2 Å². The quantitative estimate of drug-likeness (QED) is 0.818. The van der Waals surface area contributed by atoms with Crippen molar-refractivity contribution in [2.75, 3.05) is 7.11 Å². The van der Waals surface area contributed by atoms with Crippen molar-refractivity contribution in [1.82, 2.24) is 5.32 Å². The molecular weight excluding hydrogens is 238 g/mol. The molecular formula is C16H27NO2. The lowest BCUT2D eigenvalue weighted by Crippen LogP contribution is -2.38. The van der Waals surface area contributed by atoms with Crippen molar-refractivity contribution < 1.29 is 9.47 Å². The van der Waals surface area contributed by atoms with Gasteiger partial charge in [-0.05, 0) is 52.3 Å². The van der Waals surface area contributed by atoms with Crippen molar-refractivity contribution in [3.8, 4) is 5.75 Å². The van der Waals surface area contributed by atoms with Crippen molar-refractivity contribution in [2.45, 2.75) is 58.9 Å². The molecule has 1 aromatic rings. The molecule has 0 aromatic heterocycles. The molecule has 108 valence electrons. The summed E-state index contributed by atoms with van der Waals surface area (Å²) in [6.45, 7) is 10.4. The third kappa shape index (κ3) is 5.21. The molecule has 3 heteroatoms. The number of rotatable bonds is 7. The topological polar surface area (TPSA) is 30.5 Å². The highest BCUT2D eigenvalue weighted by Crippen LogP contribution is 2.20. The average Bonchev–Trinajstić information content (AvgIpc) is 2.37. The molecule has 0 aliphatic carbocycles. The molecule has 0 aliphatic rings. The van der Waals surface area contributed by atoms with Gasteiger partial charge in [0.1, 0.15) is 5.75 Å². The second-order valence-electron chi connectivity index (χ2n) is 5.36. The van der Waals surface area contributed by atoms with Crippen LogP contribution in [0.4, 0.5) is 0 Å². The summed E-state index contributed by atoms with van der Waals surface area (Å²) in [6, 6.07) is 8.82. The Morgan fingerprint density at radius 1 is 1.05 bits per heavy atom. The van der Waals surface area contributed by atoms with Crippen molar-refractivity contribution in [1.29, 1.82) is 0 Å². The first-order valence-electron chi connectivity index (χ1n) is 6.99. The van der Waals surface area contributed by atoms with Crippen LogP contribution in [0.5, 0.6) is 5.75 Å². The molecule has 0 bridgehead atoms. The number of hydrogen-bond donors (Lipinski definition) is 1. The predicted octanol–water partition coefficient (Wildman–Crippen LogP) is 3.55. The summed E-state index contributed by atoms with van der Waals surface area (Å²) in [6.07, 6.45) is 0.392. The van der Waals surface area contributed by atoms with E-state index in [1.54, 1.807) is 7.11 Å². The third-order valence-corrected chi connectivity index (χ3v) is 3.32. The Hall–Kier alpha value is -1.06. The minimum absolute atomic E-state index is 0.192. The summed E-state index contributed by atoms with van der Waals surface area (Å²) in [5, 5.41) is 3.55. The van der Waals surface area contributed by atoms with Gasteiger partial charge in [0.25, 0.3) is 0 Å². The lowest BCUT2D eigenvalue weighted by atomic mass is 10.1. The largest absolute Gasteiger partial charge is 0.491 e. The van der Waals surface area contributed by atoms with Gasteiger partial charge in [-0.15, -0.1) is 0 Å². The molecule has 3 atom stereocenters. The van der Waals surface area contributed by atoms with E-state index in [1.165, 1.54) is 5.56 Å². The summed E-state index contributed by atoms with van der Waals surface area (Å²) in [4.78, 5) is 0. The number of benzene rings is 1. The van der Waals surface area contributed by atoms with E-state index in [-0.39, 0.29) is 18.2 Å². The van der Waals surface area contributed by atoms with Crippen LogP contribution in [0.3, 0.4) is 0 Å². The molecule has 1 N–H and O–H groups in total. The van der Waals surface area contributed by atoms with Gasteiger partial charge < -0.3 is 14.8 Å². The van der Waals surface area contributed by atoms with Gasteiger partial charge in [0, 0.05) is 19.2 Å². The minimum Gasteiger partial charge on any atom is -0.491 e. The Balaban J connectivity index is 2.68. The number of methoxy groups -OCH3 is 1. The highest BCUT2D eigenvalue weighted by Gasteiger charge is 2.15. The van der Waals surface area contributed by atoms with Crippen LogP contribution in [0.15, 0.2) is 24.3 Å². The van der Waals surface area contributed by atoms with Crippen LogP contribution >= 0.6 is 0 Å². The minimum atomic E-state index is 0.192. The van der Waals surface area contributed by atoms with Crippen LogP contribution in [0.1, 0.15) is 46.2 Å². The monoisotopic (exact) mass is 265 g/mol. The third-order valence-electron chi connectivity index (χ3n) is 3.32. The van der Waals surface area contributed by atoms with Crippen LogP contribution in [0.2, 0.25) is 0 Å². The van der Waals surface area contributed by atoms with Gasteiger partial charge in [-0.1, -0.05) is 12.1 Å². The molecule has 3 nitrogen and oxygen atoms in total. The van der Waals surface area contributed by atoms with Crippen LogP contribution < -0.4 is 10.1 Å². The normalized spacial score (nSPS) is 16.2. The summed E-state index contributed by atoms with van der Waals surface area (Å²) in [5.41, 5.74) is 1.23. The molecule has 1 aromatic carbocycles. The molecule has 0 radical (unpaired) electrons. The average molecular weight is 265 g/mol. The summed E-state index contributed by atoms with van der Waals surface area (Å²) >= 11 is 0. The van der Waals surface area contributed by atoms with Crippen molar-refractivity contribution in [3.05, 3.63) is 29.8 Å². The molecule has 0 saturated heterocycles. The maximum absolute atomic E-state index is 5.73. The molecule has 0 spiro atoms. The van der Waals surface area contributed by atoms with E-state index < -0.39 is 0 Å². The lowest BCUT2D eigenvalue weighted by molar-refractivity contribution is 0.0852. The summed E-state index contributed by atoms with van der Waals surface area (Å²) < 4.78 is 11.1. The number of hydrogen-bond acceptors (Lipinski definition) is 3. The zero-order valence-electron chi connectivity index (χ0n) is 12.9. The SMILES string of the molecule is COC(C)C(C)NC(C)c1cccc(OC(C)C)c1. The highest BCUT2D eigenvalue weighted by molar-refractivity contribution is 5.30. The second-order valence-corrected chi connectivity index (χ2v) is 5.36. The van der Waals surface area contributed by atoms with Gasteiger partial charge in [-0.3, -0.25) is 0 Å². The first-order chi connectivity index (χ1) is 8.93. The predicted molar refractivity (Wildman–Crippen MR) is 79.7 cm³/mol. The van der Waals surface area contributed by atoms with E-state index in [9.17, 15) is 0 Å². The van der Waals surface area contributed by atoms with E-state index in [4.69, 9.17) is 9.47 Å². The zero-order valence-corrected chi connectivity index (χ0v) is 12.9. The lowest BCUT2D eigenvalue weighted by Gasteiger charge is -2.25. The van der Waals surface area contributed by atoms with Crippen LogP contribution in [-0.4, -0.2) is 25.4 Å². The molecule has 0 fully saturated rings. The summed E-state index contributed by atoms with van der Waals surface area (Å²) in [5.74, 6) is 0.925. The molecule has 3 unspecified atom stereocenters. The number of ether oxygens (including phenoxy) is 2. The first-order valence-corrected chi connectivity index (χ1v) is 6.99. The van der Waals surface area contributed by atoms with Gasteiger partial charge >= 0.3 is 0 Å². The summed E-state index contributed by atoms with van der Waals surface area (Å²) in [7, 11) is 1.74. The fourth-order valence-electron chi connectivity index (χ4n) is 1.96. The highest BCUT2D eigenvalue weighted by atomic mass is 16.5. The Kier molecular flexibility index (Phi) is 6.32. The zero-order chi connectivity index (χ0) is 14.4. The molecule has 1 rings (SSSR count). The van der Waals surface area contributed by atoms with Gasteiger partial charge in [-0.2, -0.15) is 0 Å². The Bertz CT molecular complexity index is 379. The van der Waals surface area contributed by atoms with Crippen LogP contribution in [0, 0.1) is 0 Å². The van der Waals surface area contributed by atoms with Gasteiger partial charge in [0.2, 0.25) is 0 Å². The Morgan fingerprint density at radius 3 is 2.32 bits per heavy atom. The molecule has 0 aliphatic heterocycles. The molecule has 0 amide bonds. The second kappa shape index (κ2) is 7.51. The fraction of sp³-hybridized carbons (Fsp3) is 0.625. The van der Waals surface area contributed by atoms with Crippen molar-refractivity contribution in [3.63, 3.8) is 0 Å². The Labute approximate surface area is 117 Å². The smallest absolute Gasteiger partial charge is 0.120 e. The maximum atomic E-state index is 5.73. The maximum Gasteiger partial charge on any atom is 0.120 e. The van der Waals surface area contributed by atoms with Gasteiger partial charge in [0.15, 0.2) is 0 Å². The first kappa shape index (κ1) is 16.0. The molecule has 0 saturated carbocycles. The van der Waals surface area contributed by atoms with Crippen molar-refractivity contribution >= 4 is 0 Å². The van der Waals surface area contributed by atoms with Crippen LogP contribution in [-0.2, 0) is 4.74 Å². The Morgan fingerprint density at radius 2 is 1.74 bits per heavy atom. The van der Waals surface area contributed by atoms with E-state index in [1.807, 2.05) is 26.0 Å². The van der Waals surface area contributed by atoms with E-state index in [2.05, 4.69) is 38.2 Å². The fourth-order valence-corrected chi connectivity index (χ4v) is 1.96. The van der Waals surface area contributed by atoms with E-state index in [0.717, 1.165) is 5.75 Å².